The number of carbonyl (C=O) groups excluding carboxylic acids is 1. The van der Waals surface area contributed by atoms with Crippen molar-refractivity contribution in [2.24, 2.45) is 0 Å². The fourth-order valence-electron chi connectivity index (χ4n) is 3.67. The van der Waals surface area contributed by atoms with Crippen molar-refractivity contribution >= 4 is 5.91 Å². The quantitative estimate of drug-likeness (QED) is 0.828. The summed E-state index contributed by atoms with van der Waals surface area (Å²) < 4.78 is 2.15. The number of rotatable bonds is 5. The molecule has 6 nitrogen and oxygen atoms in total. The molecule has 0 aliphatic carbocycles. The average Bonchev–Trinajstić information content (AvgIpc) is 3.05. The van der Waals surface area contributed by atoms with Gasteiger partial charge in [-0.3, -0.25) is 14.7 Å². The van der Waals surface area contributed by atoms with Gasteiger partial charge >= 0.3 is 0 Å². The Hall–Kier alpha value is -2.21. The Bertz CT molecular complexity index is 753. The maximum Gasteiger partial charge on any atom is 0.246 e. The molecule has 1 unspecified atom stereocenters. The van der Waals surface area contributed by atoms with Crippen LogP contribution in [-0.2, 0) is 17.8 Å². The van der Waals surface area contributed by atoms with E-state index < -0.39 is 0 Å². The molecule has 0 saturated carbocycles. The van der Waals surface area contributed by atoms with Crippen LogP contribution in [0.15, 0.2) is 30.7 Å². The Balaban J connectivity index is 1.94. The van der Waals surface area contributed by atoms with Gasteiger partial charge in [-0.1, -0.05) is 6.07 Å². The molecule has 140 valence electrons. The van der Waals surface area contributed by atoms with Gasteiger partial charge in [-0.05, 0) is 39.8 Å². The van der Waals surface area contributed by atoms with Gasteiger partial charge < -0.3 is 9.47 Å². The molecule has 0 radical (unpaired) electrons. The maximum atomic E-state index is 13.5. The van der Waals surface area contributed by atoms with Crippen molar-refractivity contribution in [3.63, 3.8) is 0 Å². The van der Waals surface area contributed by atoms with Crippen molar-refractivity contribution in [2.45, 2.75) is 58.8 Å². The molecule has 2 aromatic heterocycles. The van der Waals surface area contributed by atoms with Crippen LogP contribution in [-0.4, -0.2) is 49.9 Å². The second-order valence-corrected chi connectivity index (χ2v) is 7.58. The summed E-state index contributed by atoms with van der Waals surface area (Å²) in [5.41, 5.74) is 3.01. The number of carbonyl (C=O) groups is 1. The Morgan fingerprint density at radius 3 is 2.62 bits per heavy atom. The smallest absolute Gasteiger partial charge is 0.246 e. The van der Waals surface area contributed by atoms with Gasteiger partial charge in [0.15, 0.2) is 0 Å². The molecule has 0 bridgehead atoms. The second-order valence-electron chi connectivity index (χ2n) is 7.58. The lowest BCUT2D eigenvalue weighted by Crippen LogP contribution is -2.48. The van der Waals surface area contributed by atoms with Gasteiger partial charge in [0.2, 0.25) is 5.91 Å². The third-order valence-corrected chi connectivity index (χ3v) is 5.06. The Labute approximate surface area is 155 Å². The summed E-state index contributed by atoms with van der Waals surface area (Å²) in [6.45, 7) is 9.94. The van der Waals surface area contributed by atoms with Crippen LogP contribution >= 0.6 is 0 Å². The Kier molecular flexibility index (Phi) is 5.41. The fraction of sp³-hybridized carbons (Fsp3) is 0.550. The SMILES string of the molecule is CC(C)N1CCc2ncn(C(C)C)c2C1C(=O)N(C)Cc1ccccn1. The van der Waals surface area contributed by atoms with Gasteiger partial charge in [0.05, 0.1) is 30.0 Å². The van der Waals surface area contributed by atoms with Gasteiger partial charge in [-0.2, -0.15) is 0 Å². The van der Waals surface area contributed by atoms with Crippen LogP contribution in [0, 0.1) is 0 Å². The molecule has 0 fully saturated rings. The van der Waals surface area contributed by atoms with Crippen molar-refractivity contribution in [1.29, 1.82) is 0 Å². The normalized spacial score (nSPS) is 17.6. The first-order valence-electron chi connectivity index (χ1n) is 9.36. The van der Waals surface area contributed by atoms with Gasteiger partial charge in [-0.25, -0.2) is 4.98 Å². The lowest BCUT2D eigenvalue weighted by Gasteiger charge is -2.40. The van der Waals surface area contributed by atoms with Crippen molar-refractivity contribution in [3.05, 3.63) is 47.8 Å². The summed E-state index contributed by atoms with van der Waals surface area (Å²) in [4.78, 5) is 26.5. The van der Waals surface area contributed by atoms with E-state index in [0.717, 1.165) is 30.0 Å². The first-order valence-corrected chi connectivity index (χ1v) is 9.36. The van der Waals surface area contributed by atoms with E-state index in [2.05, 4.69) is 47.1 Å². The van der Waals surface area contributed by atoms with Crippen LogP contribution in [0.2, 0.25) is 0 Å². The lowest BCUT2D eigenvalue weighted by atomic mass is 9.98. The summed E-state index contributed by atoms with van der Waals surface area (Å²) in [6.07, 6.45) is 4.54. The van der Waals surface area contributed by atoms with Gasteiger partial charge in [0.1, 0.15) is 6.04 Å². The predicted molar refractivity (Wildman–Crippen MR) is 102 cm³/mol. The van der Waals surface area contributed by atoms with E-state index in [1.807, 2.05) is 31.6 Å². The Morgan fingerprint density at radius 1 is 1.23 bits per heavy atom. The monoisotopic (exact) mass is 355 g/mol. The van der Waals surface area contributed by atoms with E-state index in [1.54, 1.807) is 11.1 Å². The number of fused-ring (bicyclic) bond motifs is 1. The zero-order chi connectivity index (χ0) is 18.8. The zero-order valence-corrected chi connectivity index (χ0v) is 16.4. The number of aromatic nitrogens is 3. The van der Waals surface area contributed by atoms with Gasteiger partial charge in [0, 0.05) is 38.3 Å². The van der Waals surface area contributed by atoms with E-state index in [-0.39, 0.29) is 24.0 Å². The zero-order valence-electron chi connectivity index (χ0n) is 16.4. The van der Waals surface area contributed by atoms with Crippen molar-refractivity contribution < 1.29 is 4.79 Å². The number of pyridine rings is 1. The topological polar surface area (TPSA) is 54.3 Å². The molecular weight excluding hydrogens is 326 g/mol. The van der Waals surface area contributed by atoms with Crippen LogP contribution < -0.4 is 0 Å². The van der Waals surface area contributed by atoms with Gasteiger partial charge in [0.25, 0.3) is 0 Å². The second kappa shape index (κ2) is 7.58. The minimum Gasteiger partial charge on any atom is -0.338 e. The van der Waals surface area contributed by atoms with Crippen LogP contribution in [0.1, 0.15) is 56.9 Å². The highest BCUT2D eigenvalue weighted by Gasteiger charge is 2.39. The molecule has 0 aromatic carbocycles. The standard InChI is InChI=1S/C20H29N5O/c1-14(2)24-11-9-17-18(25(13-22-17)15(3)4)19(24)20(26)23(5)12-16-8-6-7-10-21-16/h6-8,10,13-15,19H,9,11-12H2,1-5H3. The summed E-state index contributed by atoms with van der Waals surface area (Å²) in [7, 11) is 1.86. The van der Waals surface area contributed by atoms with Crippen LogP contribution in [0.25, 0.3) is 0 Å². The van der Waals surface area contributed by atoms with E-state index in [1.165, 1.54) is 0 Å². The molecule has 1 aliphatic rings. The highest BCUT2D eigenvalue weighted by molar-refractivity contribution is 5.83. The molecule has 0 spiro atoms. The number of hydrogen-bond donors (Lipinski definition) is 0. The summed E-state index contributed by atoms with van der Waals surface area (Å²) >= 11 is 0. The molecule has 3 rings (SSSR count). The maximum absolute atomic E-state index is 13.5. The third-order valence-electron chi connectivity index (χ3n) is 5.06. The van der Waals surface area contributed by atoms with E-state index >= 15 is 0 Å². The minimum atomic E-state index is -0.294. The molecule has 0 saturated heterocycles. The van der Waals surface area contributed by atoms with Crippen LogP contribution in [0.3, 0.4) is 0 Å². The molecule has 2 aromatic rings. The molecule has 1 aliphatic heterocycles. The summed E-state index contributed by atoms with van der Waals surface area (Å²) in [6, 6.07) is 6.06. The van der Waals surface area contributed by atoms with Crippen molar-refractivity contribution in [2.75, 3.05) is 13.6 Å². The minimum absolute atomic E-state index is 0.104. The highest BCUT2D eigenvalue weighted by Crippen LogP contribution is 2.34. The summed E-state index contributed by atoms with van der Waals surface area (Å²) in [5, 5.41) is 0. The van der Waals surface area contributed by atoms with Crippen LogP contribution in [0.5, 0.6) is 0 Å². The molecule has 0 N–H and O–H groups in total. The van der Waals surface area contributed by atoms with Crippen molar-refractivity contribution in [3.8, 4) is 0 Å². The number of imidazole rings is 1. The molecule has 26 heavy (non-hydrogen) atoms. The van der Waals surface area contributed by atoms with E-state index in [0.29, 0.717) is 6.54 Å². The van der Waals surface area contributed by atoms with Gasteiger partial charge in [-0.15, -0.1) is 0 Å². The first-order chi connectivity index (χ1) is 12.4. The van der Waals surface area contributed by atoms with Crippen molar-refractivity contribution in [1.82, 2.24) is 24.3 Å². The summed E-state index contributed by atoms with van der Waals surface area (Å²) in [5.74, 6) is 0.104. The highest BCUT2D eigenvalue weighted by atomic mass is 16.2. The van der Waals surface area contributed by atoms with E-state index in [9.17, 15) is 4.79 Å². The molecule has 1 amide bonds. The molecule has 1 atom stereocenters. The Morgan fingerprint density at radius 2 is 2.00 bits per heavy atom. The number of likely N-dealkylation sites (N-methyl/N-ethyl adjacent to an activating group) is 1. The molecule has 6 heteroatoms. The number of hydrogen-bond acceptors (Lipinski definition) is 4. The predicted octanol–water partition coefficient (Wildman–Crippen LogP) is 2.83. The largest absolute Gasteiger partial charge is 0.338 e. The average molecular weight is 355 g/mol. The first kappa shape index (κ1) is 18.6. The number of nitrogens with zero attached hydrogens (tertiary/aromatic N) is 5. The molecular formula is C20H29N5O. The fourth-order valence-corrected chi connectivity index (χ4v) is 3.67. The van der Waals surface area contributed by atoms with Crippen LogP contribution in [0.4, 0.5) is 0 Å². The lowest BCUT2D eigenvalue weighted by molar-refractivity contribution is -0.138. The number of amides is 1. The van der Waals surface area contributed by atoms with E-state index in [4.69, 9.17) is 0 Å². The third kappa shape index (κ3) is 3.51. The molecule has 3 heterocycles.